The van der Waals surface area contributed by atoms with Crippen molar-refractivity contribution in [2.24, 2.45) is 11.7 Å². The molecule has 2 aliphatic heterocycles. The zero-order valence-electron chi connectivity index (χ0n) is 18.6. The lowest BCUT2D eigenvalue weighted by Crippen LogP contribution is -2.55. The van der Waals surface area contributed by atoms with Gasteiger partial charge in [0.2, 0.25) is 0 Å². The molecule has 0 aromatic carbocycles. The van der Waals surface area contributed by atoms with Crippen LogP contribution in [0.3, 0.4) is 0 Å². The zero-order chi connectivity index (χ0) is 22.9. The molecular weight excluding hydrogens is 422 g/mol. The molecule has 3 aromatic heterocycles. The van der Waals surface area contributed by atoms with Crippen LogP contribution in [0.1, 0.15) is 41.7 Å². The summed E-state index contributed by atoms with van der Waals surface area (Å²) in [7, 11) is 0. The molecular formula is C24H29N5O4. The van der Waals surface area contributed by atoms with Crippen molar-refractivity contribution in [3.8, 4) is 0 Å². The number of rotatable bonds is 4. The van der Waals surface area contributed by atoms with E-state index in [9.17, 15) is 9.90 Å². The number of hydrogen-bond donors (Lipinski definition) is 3. The first-order valence-corrected chi connectivity index (χ1v) is 11.4. The molecule has 0 radical (unpaired) electrons. The highest BCUT2D eigenvalue weighted by atomic mass is 16.5. The molecule has 4 N–H and O–H groups in total. The number of anilines is 2. The lowest BCUT2D eigenvalue weighted by Gasteiger charge is -2.40. The minimum Gasteiger partial charge on any atom is -0.462 e. The van der Waals surface area contributed by atoms with E-state index in [1.165, 1.54) is 0 Å². The van der Waals surface area contributed by atoms with Crippen molar-refractivity contribution >= 4 is 28.4 Å². The number of nitrogens with two attached hydrogens (primary N) is 1. The summed E-state index contributed by atoms with van der Waals surface area (Å²) >= 11 is 0. The SMILES string of the molecule is CC1CN(c2ccncc2NC(=O)c2ccc3occ(C4CCOCC4)c3n2)CC(N)C1O. The van der Waals surface area contributed by atoms with E-state index in [-0.39, 0.29) is 17.9 Å². The van der Waals surface area contributed by atoms with Gasteiger partial charge in [0.1, 0.15) is 11.2 Å². The van der Waals surface area contributed by atoms with Gasteiger partial charge in [-0.2, -0.15) is 0 Å². The van der Waals surface area contributed by atoms with Gasteiger partial charge in [-0.3, -0.25) is 9.78 Å². The highest BCUT2D eigenvalue weighted by molar-refractivity contribution is 6.05. The summed E-state index contributed by atoms with van der Waals surface area (Å²) in [5.41, 5.74) is 10.3. The van der Waals surface area contributed by atoms with Crippen molar-refractivity contribution in [1.29, 1.82) is 0 Å². The molecule has 2 saturated heterocycles. The maximum Gasteiger partial charge on any atom is 0.274 e. The molecule has 3 aromatic rings. The number of aromatic nitrogens is 2. The third-order valence-electron chi connectivity index (χ3n) is 6.69. The highest BCUT2D eigenvalue weighted by Gasteiger charge is 2.32. The number of furan rings is 1. The van der Waals surface area contributed by atoms with Crippen LogP contribution in [0.2, 0.25) is 0 Å². The van der Waals surface area contributed by atoms with E-state index < -0.39 is 6.10 Å². The zero-order valence-corrected chi connectivity index (χ0v) is 18.6. The Kier molecular flexibility index (Phi) is 6.01. The molecule has 0 spiro atoms. The summed E-state index contributed by atoms with van der Waals surface area (Å²) in [6, 6.07) is 4.94. The molecule has 5 rings (SSSR count). The predicted octanol–water partition coefficient (Wildman–Crippen LogP) is 2.51. The van der Waals surface area contributed by atoms with Gasteiger partial charge in [-0.05, 0) is 37.0 Å². The lowest BCUT2D eigenvalue weighted by molar-refractivity contribution is 0.0785. The largest absolute Gasteiger partial charge is 0.462 e. The van der Waals surface area contributed by atoms with Crippen molar-refractivity contribution in [1.82, 2.24) is 9.97 Å². The van der Waals surface area contributed by atoms with Crippen LogP contribution < -0.4 is 16.0 Å². The van der Waals surface area contributed by atoms with Gasteiger partial charge in [0.15, 0.2) is 5.58 Å². The van der Waals surface area contributed by atoms with Crippen molar-refractivity contribution < 1.29 is 19.1 Å². The van der Waals surface area contributed by atoms with Crippen LogP contribution in [-0.2, 0) is 4.74 Å². The van der Waals surface area contributed by atoms with Gasteiger partial charge in [-0.15, -0.1) is 0 Å². The Balaban J connectivity index is 1.39. The van der Waals surface area contributed by atoms with Crippen LogP contribution in [0.4, 0.5) is 11.4 Å². The number of piperidine rings is 1. The van der Waals surface area contributed by atoms with Gasteiger partial charge < -0.3 is 30.2 Å². The van der Waals surface area contributed by atoms with E-state index in [0.717, 1.165) is 42.8 Å². The molecule has 5 heterocycles. The van der Waals surface area contributed by atoms with Gasteiger partial charge in [0.25, 0.3) is 5.91 Å². The second-order valence-electron chi connectivity index (χ2n) is 9.00. The van der Waals surface area contributed by atoms with Crippen molar-refractivity contribution in [3.63, 3.8) is 0 Å². The molecule has 0 saturated carbocycles. The standard InChI is InChI=1S/C24H29N5O4/c1-14-11-29(12-17(25)23(14)30)20-4-7-26-10-19(20)28-24(31)18-2-3-21-22(27-18)16(13-33-21)15-5-8-32-9-6-15/h2-4,7,10,13-15,17,23,30H,5-6,8-9,11-12,25H2,1H3,(H,28,31). The van der Waals surface area contributed by atoms with Crippen LogP contribution in [0.25, 0.3) is 11.1 Å². The maximum atomic E-state index is 13.1. The summed E-state index contributed by atoms with van der Waals surface area (Å²) in [5.74, 6) is 0.00953. The van der Waals surface area contributed by atoms with Crippen molar-refractivity contribution in [2.75, 3.05) is 36.5 Å². The van der Waals surface area contributed by atoms with Crippen LogP contribution in [-0.4, -0.2) is 59.4 Å². The Bertz CT molecular complexity index is 1130. The third kappa shape index (κ3) is 4.31. The van der Waals surface area contributed by atoms with Gasteiger partial charge in [0.05, 0.1) is 29.9 Å². The number of nitrogens with one attached hydrogen (secondary N) is 1. The van der Waals surface area contributed by atoms with E-state index in [0.29, 0.717) is 36.0 Å². The fourth-order valence-electron chi connectivity index (χ4n) is 4.81. The van der Waals surface area contributed by atoms with E-state index in [1.54, 1.807) is 30.8 Å². The van der Waals surface area contributed by atoms with Crippen molar-refractivity contribution in [2.45, 2.75) is 37.8 Å². The number of pyridine rings is 2. The minimum absolute atomic E-state index is 0.0132. The fourth-order valence-corrected chi connectivity index (χ4v) is 4.81. The Labute approximate surface area is 191 Å². The van der Waals surface area contributed by atoms with E-state index in [1.807, 2.05) is 13.0 Å². The summed E-state index contributed by atoms with van der Waals surface area (Å²) in [5, 5.41) is 13.2. The fraction of sp³-hybridized carbons (Fsp3) is 0.458. The van der Waals surface area contributed by atoms with Crippen LogP contribution in [0.5, 0.6) is 0 Å². The van der Waals surface area contributed by atoms with Gasteiger partial charge >= 0.3 is 0 Å². The highest BCUT2D eigenvalue weighted by Crippen LogP contribution is 2.33. The Morgan fingerprint density at radius 1 is 1.24 bits per heavy atom. The van der Waals surface area contributed by atoms with Crippen molar-refractivity contribution in [3.05, 3.63) is 48.1 Å². The smallest absolute Gasteiger partial charge is 0.274 e. The van der Waals surface area contributed by atoms with Gasteiger partial charge in [-0.1, -0.05) is 6.92 Å². The molecule has 9 heteroatoms. The molecule has 2 aliphatic rings. The predicted molar refractivity (Wildman–Crippen MR) is 124 cm³/mol. The second-order valence-corrected chi connectivity index (χ2v) is 9.00. The summed E-state index contributed by atoms with van der Waals surface area (Å²) < 4.78 is 11.2. The topological polar surface area (TPSA) is 127 Å². The molecule has 2 fully saturated rings. The Morgan fingerprint density at radius 2 is 2.06 bits per heavy atom. The summed E-state index contributed by atoms with van der Waals surface area (Å²) in [6.07, 6.45) is 6.34. The molecule has 0 bridgehead atoms. The number of hydrogen-bond acceptors (Lipinski definition) is 8. The van der Waals surface area contributed by atoms with Crippen LogP contribution in [0.15, 0.2) is 41.3 Å². The first-order valence-electron chi connectivity index (χ1n) is 11.4. The van der Waals surface area contributed by atoms with Gasteiger partial charge in [-0.25, -0.2) is 4.98 Å². The quantitative estimate of drug-likeness (QED) is 0.552. The number of aliphatic hydroxyl groups is 1. The monoisotopic (exact) mass is 451 g/mol. The molecule has 1 amide bonds. The summed E-state index contributed by atoms with van der Waals surface area (Å²) in [6.45, 7) is 4.53. The first-order chi connectivity index (χ1) is 16.0. The number of amides is 1. The van der Waals surface area contributed by atoms with Gasteiger partial charge in [0, 0.05) is 50.0 Å². The number of ether oxygens (including phenoxy) is 1. The van der Waals surface area contributed by atoms with E-state index in [2.05, 4.69) is 20.2 Å². The molecule has 33 heavy (non-hydrogen) atoms. The lowest BCUT2D eigenvalue weighted by atomic mass is 9.92. The average molecular weight is 452 g/mol. The molecule has 174 valence electrons. The molecule has 0 aliphatic carbocycles. The summed E-state index contributed by atoms with van der Waals surface area (Å²) in [4.78, 5) is 24.1. The van der Waals surface area contributed by atoms with E-state index in [4.69, 9.17) is 14.9 Å². The molecule has 9 nitrogen and oxygen atoms in total. The van der Waals surface area contributed by atoms with Crippen LogP contribution in [0, 0.1) is 5.92 Å². The number of carbonyl (C=O) groups is 1. The number of nitrogens with zero attached hydrogens (tertiary/aromatic N) is 3. The maximum absolute atomic E-state index is 13.1. The van der Waals surface area contributed by atoms with E-state index >= 15 is 0 Å². The molecule has 3 unspecified atom stereocenters. The number of fused-ring (bicyclic) bond motifs is 1. The first kappa shape index (κ1) is 21.8. The minimum atomic E-state index is -0.545. The normalized spacial score (nSPS) is 24.2. The molecule has 3 atom stereocenters. The van der Waals surface area contributed by atoms with Crippen LogP contribution >= 0.6 is 0 Å². The Hall–Kier alpha value is -3.01. The third-order valence-corrected chi connectivity index (χ3v) is 6.69. The average Bonchev–Trinajstić information content (AvgIpc) is 3.26. The number of aliphatic hydroxyl groups excluding tert-OH is 1. The number of carbonyl (C=O) groups excluding carboxylic acids is 1. The Morgan fingerprint density at radius 3 is 2.85 bits per heavy atom. The second kappa shape index (κ2) is 9.09.